The standard InChI is InChI=1S/C16H14F3N5O/c1-25-12-3-2-10-4-5-23(8-11(10)6-12)14-7-13(16(17,18)19)22-15-20-9-21-24(14)15/h2-3,6-7,9H,4-5,8H2,1H3. The highest BCUT2D eigenvalue weighted by Crippen LogP contribution is 2.32. The van der Waals surface area contributed by atoms with Crippen LogP contribution in [0.3, 0.4) is 0 Å². The molecule has 1 aliphatic rings. The second-order valence-corrected chi connectivity index (χ2v) is 5.78. The minimum Gasteiger partial charge on any atom is -0.497 e. The number of aromatic nitrogens is 4. The lowest BCUT2D eigenvalue weighted by Gasteiger charge is -2.31. The van der Waals surface area contributed by atoms with Gasteiger partial charge in [0.15, 0.2) is 5.69 Å². The van der Waals surface area contributed by atoms with Crippen molar-refractivity contribution in [3.8, 4) is 5.75 Å². The number of nitrogens with zero attached hydrogens (tertiary/aromatic N) is 5. The third-order valence-electron chi connectivity index (χ3n) is 4.27. The minimum atomic E-state index is -4.54. The van der Waals surface area contributed by atoms with Gasteiger partial charge in [0.2, 0.25) is 0 Å². The number of rotatable bonds is 2. The van der Waals surface area contributed by atoms with Crippen molar-refractivity contribution in [1.29, 1.82) is 0 Å². The molecule has 3 aromatic rings. The molecule has 0 atom stereocenters. The van der Waals surface area contributed by atoms with Gasteiger partial charge in [-0.25, -0.2) is 4.98 Å². The summed E-state index contributed by atoms with van der Waals surface area (Å²) in [4.78, 5) is 9.21. The third kappa shape index (κ3) is 2.75. The van der Waals surface area contributed by atoms with Crippen LogP contribution in [0.2, 0.25) is 0 Å². The zero-order chi connectivity index (χ0) is 17.6. The van der Waals surface area contributed by atoms with E-state index in [4.69, 9.17) is 4.74 Å². The van der Waals surface area contributed by atoms with Gasteiger partial charge in [-0.2, -0.15) is 27.8 Å². The Hall–Kier alpha value is -2.84. The van der Waals surface area contributed by atoms with Crippen molar-refractivity contribution >= 4 is 11.6 Å². The summed E-state index contributed by atoms with van der Waals surface area (Å²) in [6, 6.07) is 6.81. The Morgan fingerprint density at radius 3 is 2.76 bits per heavy atom. The highest BCUT2D eigenvalue weighted by atomic mass is 19.4. The van der Waals surface area contributed by atoms with Crippen molar-refractivity contribution in [3.05, 3.63) is 47.4 Å². The van der Waals surface area contributed by atoms with Crippen LogP contribution in [0.25, 0.3) is 5.78 Å². The van der Waals surface area contributed by atoms with Gasteiger partial charge in [0.05, 0.1) is 7.11 Å². The number of anilines is 1. The van der Waals surface area contributed by atoms with Crippen LogP contribution in [0.5, 0.6) is 5.75 Å². The predicted molar refractivity (Wildman–Crippen MR) is 83.5 cm³/mol. The van der Waals surface area contributed by atoms with Gasteiger partial charge in [-0.05, 0) is 29.7 Å². The van der Waals surface area contributed by atoms with Gasteiger partial charge in [0.1, 0.15) is 17.9 Å². The number of halogens is 3. The molecule has 0 fully saturated rings. The van der Waals surface area contributed by atoms with Crippen molar-refractivity contribution < 1.29 is 17.9 Å². The number of ether oxygens (including phenoxy) is 1. The number of hydrogen-bond donors (Lipinski definition) is 0. The SMILES string of the molecule is COc1ccc2c(c1)CN(c1cc(C(F)(F)F)nc3ncnn13)CC2. The molecule has 0 N–H and O–H groups in total. The van der Waals surface area contributed by atoms with E-state index in [1.165, 1.54) is 10.8 Å². The van der Waals surface area contributed by atoms with Gasteiger partial charge in [-0.15, -0.1) is 0 Å². The summed E-state index contributed by atoms with van der Waals surface area (Å²) < 4.78 is 46.0. The van der Waals surface area contributed by atoms with Gasteiger partial charge in [0, 0.05) is 19.2 Å². The van der Waals surface area contributed by atoms with Crippen LogP contribution < -0.4 is 9.64 Å². The molecule has 0 amide bonds. The molecule has 6 nitrogen and oxygen atoms in total. The number of benzene rings is 1. The molecule has 2 aromatic heterocycles. The van der Waals surface area contributed by atoms with Gasteiger partial charge >= 0.3 is 6.18 Å². The zero-order valence-corrected chi connectivity index (χ0v) is 13.3. The maximum atomic E-state index is 13.2. The van der Waals surface area contributed by atoms with Crippen LogP contribution >= 0.6 is 0 Å². The summed E-state index contributed by atoms with van der Waals surface area (Å²) >= 11 is 0. The van der Waals surface area contributed by atoms with Crippen molar-refractivity contribution in [2.24, 2.45) is 0 Å². The highest BCUT2D eigenvalue weighted by Gasteiger charge is 2.35. The second kappa shape index (κ2) is 5.61. The van der Waals surface area contributed by atoms with E-state index in [2.05, 4.69) is 15.1 Å². The summed E-state index contributed by atoms with van der Waals surface area (Å²) in [5.41, 5.74) is 1.21. The first-order chi connectivity index (χ1) is 12.0. The van der Waals surface area contributed by atoms with E-state index < -0.39 is 11.9 Å². The molecule has 9 heteroatoms. The Morgan fingerprint density at radius 1 is 1.16 bits per heavy atom. The summed E-state index contributed by atoms with van der Waals surface area (Å²) in [5.74, 6) is 0.974. The molecular formula is C16H14F3N5O. The second-order valence-electron chi connectivity index (χ2n) is 5.78. The summed E-state index contributed by atoms with van der Waals surface area (Å²) in [6.45, 7) is 1.04. The fraction of sp³-hybridized carbons (Fsp3) is 0.312. The minimum absolute atomic E-state index is 0.0683. The van der Waals surface area contributed by atoms with Crippen molar-refractivity contribution in [2.45, 2.75) is 19.1 Å². The Kier molecular flexibility index (Phi) is 3.52. The summed E-state index contributed by atoms with van der Waals surface area (Å²) in [5, 5.41) is 4.02. The molecule has 0 spiro atoms. The van der Waals surface area contributed by atoms with Crippen LogP contribution in [0, 0.1) is 0 Å². The quantitative estimate of drug-likeness (QED) is 0.712. The zero-order valence-electron chi connectivity index (χ0n) is 13.3. The molecule has 0 saturated carbocycles. The monoisotopic (exact) mass is 349 g/mol. The Balaban J connectivity index is 1.78. The van der Waals surface area contributed by atoms with Crippen LogP contribution in [0.4, 0.5) is 19.0 Å². The van der Waals surface area contributed by atoms with Crippen LogP contribution in [0.1, 0.15) is 16.8 Å². The highest BCUT2D eigenvalue weighted by molar-refractivity contribution is 5.51. The molecule has 1 aromatic carbocycles. The molecular weight excluding hydrogens is 335 g/mol. The largest absolute Gasteiger partial charge is 0.497 e. The Bertz CT molecular complexity index is 937. The normalized spacial score (nSPS) is 14.6. The number of hydrogen-bond acceptors (Lipinski definition) is 5. The first kappa shape index (κ1) is 15.7. The van der Waals surface area contributed by atoms with Crippen molar-refractivity contribution in [3.63, 3.8) is 0 Å². The van der Waals surface area contributed by atoms with E-state index in [0.717, 1.165) is 29.4 Å². The van der Waals surface area contributed by atoms with E-state index in [9.17, 15) is 13.2 Å². The van der Waals surface area contributed by atoms with Crippen molar-refractivity contribution in [1.82, 2.24) is 19.6 Å². The van der Waals surface area contributed by atoms with Gasteiger partial charge in [-0.1, -0.05) is 6.07 Å². The van der Waals surface area contributed by atoms with Gasteiger partial charge in [-0.3, -0.25) is 0 Å². The van der Waals surface area contributed by atoms with E-state index in [-0.39, 0.29) is 5.78 Å². The Labute approximate surface area is 140 Å². The molecule has 130 valence electrons. The summed E-state index contributed by atoms with van der Waals surface area (Å²) in [7, 11) is 1.58. The first-order valence-electron chi connectivity index (χ1n) is 7.64. The third-order valence-corrected chi connectivity index (χ3v) is 4.27. The molecule has 25 heavy (non-hydrogen) atoms. The molecule has 3 heterocycles. The first-order valence-corrected chi connectivity index (χ1v) is 7.64. The van der Waals surface area contributed by atoms with E-state index in [0.29, 0.717) is 18.9 Å². The maximum Gasteiger partial charge on any atom is 0.433 e. The smallest absolute Gasteiger partial charge is 0.433 e. The van der Waals surface area contributed by atoms with E-state index in [1.807, 2.05) is 23.1 Å². The van der Waals surface area contributed by atoms with E-state index >= 15 is 0 Å². The fourth-order valence-corrected chi connectivity index (χ4v) is 3.02. The molecule has 0 saturated heterocycles. The maximum absolute atomic E-state index is 13.2. The lowest BCUT2D eigenvalue weighted by atomic mass is 9.99. The van der Waals surface area contributed by atoms with Crippen molar-refractivity contribution in [2.75, 3.05) is 18.6 Å². The lowest BCUT2D eigenvalue weighted by Crippen LogP contribution is -2.32. The number of methoxy groups -OCH3 is 1. The molecule has 1 aliphatic heterocycles. The number of fused-ring (bicyclic) bond motifs is 2. The molecule has 0 radical (unpaired) electrons. The fourth-order valence-electron chi connectivity index (χ4n) is 3.02. The molecule has 4 rings (SSSR count). The van der Waals surface area contributed by atoms with Crippen LogP contribution in [0.15, 0.2) is 30.6 Å². The lowest BCUT2D eigenvalue weighted by molar-refractivity contribution is -0.141. The molecule has 0 aliphatic carbocycles. The average molecular weight is 349 g/mol. The molecule has 0 bridgehead atoms. The topological polar surface area (TPSA) is 55.5 Å². The Morgan fingerprint density at radius 2 is 2.00 bits per heavy atom. The van der Waals surface area contributed by atoms with Gasteiger partial charge in [0.25, 0.3) is 5.78 Å². The predicted octanol–water partition coefficient (Wildman–Crippen LogP) is 2.71. The number of alkyl halides is 3. The molecule has 0 unspecified atom stereocenters. The van der Waals surface area contributed by atoms with Gasteiger partial charge < -0.3 is 9.64 Å². The van der Waals surface area contributed by atoms with Crippen LogP contribution in [-0.2, 0) is 19.1 Å². The van der Waals surface area contributed by atoms with E-state index in [1.54, 1.807) is 7.11 Å². The summed E-state index contributed by atoms with van der Waals surface area (Å²) in [6.07, 6.45) is -2.62. The average Bonchev–Trinajstić information content (AvgIpc) is 3.07. The van der Waals surface area contributed by atoms with Crippen LogP contribution in [-0.4, -0.2) is 33.2 Å².